The van der Waals surface area contributed by atoms with Gasteiger partial charge in [-0.15, -0.1) is 0 Å². The molecule has 36 heavy (non-hydrogen) atoms. The zero-order valence-corrected chi connectivity index (χ0v) is 22.2. The number of fused-ring (bicyclic) bond motifs is 1. The predicted molar refractivity (Wildman–Crippen MR) is 147 cm³/mol. The Bertz CT molecular complexity index is 1140. The Morgan fingerprint density at radius 2 is 1.75 bits per heavy atom. The lowest BCUT2D eigenvalue weighted by atomic mass is 9.99. The van der Waals surface area contributed by atoms with Crippen molar-refractivity contribution in [3.05, 3.63) is 48.0 Å². The second-order valence-electron chi connectivity index (χ2n) is 7.94. The summed E-state index contributed by atoms with van der Waals surface area (Å²) < 4.78 is 1.00. The fraction of sp³-hybridized carbons (Fsp3) is 0.370. The number of thiazole rings is 1. The lowest BCUT2D eigenvalue weighted by Gasteiger charge is -2.30. The molecule has 2 aromatic carbocycles. The third-order valence-electron chi connectivity index (χ3n) is 5.50. The highest BCUT2D eigenvalue weighted by Gasteiger charge is 2.20. The van der Waals surface area contributed by atoms with Crippen molar-refractivity contribution >= 4 is 45.4 Å². The van der Waals surface area contributed by atoms with E-state index in [4.69, 9.17) is 10.1 Å². The molecule has 4 rings (SSSR count). The molecule has 0 aliphatic carbocycles. The second kappa shape index (κ2) is 16.0. The second-order valence-corrected chi connectivity index (χ2v) is 8.97. The Morgan fingerprint density at radius 1 is 1.11 bits per heavy atom. The number of nitriles is 1. The standard InChI is InChI=1S/C23H26N4O2S.C2H6.CHN.CH2O/c1-15-8-10-27(11-9-15)21(28)14-24-22(29)26-23-25-19-7-6-18(13-20(19)30-23)17-5-3-4-16(2)12-17;3*1-2/h3-7,12-13,15H,8-11,14H2,1-2H3,(H2,24,25,26,29);1-2H3;1H;1H2. The SMILES string of the molecule is C#N.C=O.CC.Cc1cccc(-c2ccc3nc(NC(=O)NCC(=O)N4CCC(C)CC4)sc3c2)c1. The molecule has 8 nitrogen and oxygen atoms in total. The number of nitrogens with one attached hydrogen (secondary N) is 2. The van der Waals surface area contributed by atoms with Gasteiger partial charge in [0.2, 0.25) is 5.91 Å². The summed E-state index contributed by atoms with van der Waals surface area (Å²) in [6.07, 6.45) is 2.04. The summed E-state index contributed by atoms with van der Waals surface area (Å²) in [4.78, 5) is 38.8. The van der Waals surface area contributed by atoms with Gasteiger partial charge in [0.1, 0.15) is 6.79 Å². The van der Waals surface area contributed by atoms with E-state index in [-0.39, 0.29) is 12.5 Å². The molecule has 3 amide bonds. The van der Waals surface area contributed by atoms with Crippen molar-refractivity contribution in [2.24, 2.45) is 5.92 Å². The number of rotatable bonds is 4. The molecule has 3 aromatic rings. The molecule has 0 atom stereocenters. The van der Waals surface area contributed by atoms with E-state index in [0.717, 1.165) is 47.3 Å². The van der Waals surface area contributed by atoms with Gasteiger partial charge in [-0.1, -0.05) is 68.0 Å². The normalized spacial score (nSPS) is 12.6. The van der Waals surface area contributed by atoms with Crippen LogP contribution in [0, 0.1) is 24.7 Å². The highest BCUT2D eigenvalue weighted by atomic mass is 32.1. The van der Waals surface area contributed by atoms with Gasteiger partial charge in [0, 0.05) is 19.7 Å². The molecule has 2 N–H and O–H groups in total. The highest BCUT2D eigenvalue weighted by Crippen LogP contribution is 2.30. The number of benzene rings is 2. The fourth-order valence-electron chi connectivity index (χ4n) is 3.65. The Hall–Kier alpha value is -3.77. The first-order valence-corrected chi connectivity index (χ1v) is 12.6. The van der Waals surface area contributed by atoms with Crippen LogP contribution in [0.5, 0.6) is 0 Å². The zero-order valence-electron chi connectivity index (χ0n) is 21.4. The molecular weight excluding hydrogens is 474 g/mol. The van der Waals surface area contributed by atoms with Crippen LogP contribution >= 0.6 is 11.3 Å². The number of amides is 3. The molecule has 0 unspecified atom stereocenters. The molecule has 0 saturated carbocycles. The fourth-order valence-corrected chi connectivity index (χ4v) is 4.55. The maximum atomic E-state index is 12.3. The van der Waals surface area contributed by atoms with Crippen LogP contribution < -0.4 is 10.6 Å². The number of aromatic nitrogens is 1. The number of piperidine rings is 1. The average molecular weight is 510 g/mol. The number of anilines is 1. The molecule has 1 aromatic heterocycles. The molecule has 0 spiro atoms. The van der Waals surface area contributed by atoms with Crippen LogP contribution in [0.25, 0.3) is 21.3 Å². The molecule has 1 saturated heterocycles. The quantitative estimate of drug-likeness (QED) is 0.473. The van der Waals surface area contributed by atoms with E-state index < -0.39 is 6.03 Å². The number of nitrogens with zero attached hydrogens (tertiary/aromatic N) is 3. The summed E-state index contributed by atoms with van der Waals surface area (Å²) >= 11 is 1.42. The van der Waals surface area contributed by atoms with E-state index in [0.29, 0.717) is 11.0 Å². The average Bonchev–Trinajstić information content (AvgIpc) is 3.32. The van der Waals surface area contributed by atoms with Crippen molar-refractivity contribution in [2.45, 2.75) is 40.5 Å². The third-order valence-corrected chi connectivity index (χ3v) is 6.43. The monoisotopic (exact) mass is 509 g/mol. The summed E-state index contributed by atoms with van der Waals surface area (Å²) in [7, 11) is 0. The van der Waals surface area contributed by atoms with Crippen molar-refractivity contribution in [1.82, 2.24) is 15.2 Å². The molecular formula is C27H35N5O3S. The molecule has 9 heteroatoms. The van der Waals surface area contributed by atoms with Crippen LogP contribution in [0.2, 0.25) is 0 Å². The van der Waals surface area contributed by atoms with Crippen molar-refractivity contribution in [3.63, 3.8) is 0 Å². The van der Waals surface area contributed by atoms with E-state index in [1.807, 2.05) is 43.7 Å². The first-order valence-electron chi connectivity index (χ1n) is 11.8. The Labute approximate surface area is 217 Å². The first kappa shape index (κ1) is 30.3. The summed E-state index contributed by atoms with van der Waals surface area (Å²) in [6, 6.07) is 14.0. The number of hydrogen-bond donors (Lipinski definition) is 2. The van der Waals surface area contributed by atoms with Gasteiger partial charge in [0.05, 0.1) is 16.8 Å². The maximum Gasteiger partial charge on any atom is 0.321 e. The smallest absolute Gasteiger partial charge is 0.321 e. The minimum atomic E-state index is -0.410. The zero-order chi connectivity index (χ0) is 27.1. The summed E-state index contributed by atoms with van der Waals surface area (Å²) in [5.41, 5.74) is 4.32. The van der Waals surface area contributed by atoms with Gasteiger partial charge in [0.25, 0.3) is 0 Å². The summed E-state index contributed by atoms with van der Waals surface area (Å²) in [5, 5.41) is 12.4. The van der Waals surface area contributed by atoms with Gasteiger partial charge in [-0.2, -0.15) is 0 Å². The lowest BCUT2D eigenvalue weighted by Crippen LogP contribution is -2.44. The molecule has 1 aliphatic heterocycles. The number of aryl methyl sites for hydroxylation is 1. The number of carbonyl (C=O) groups is 3. The number of hydrogen-bond acceptors (Lipinski definition) is 6. The van der Waals surface area contributed by atoms with Crippen molar-refractivity contribution in [2.75, 3.05) is 25.0 Å². The minimum Gasteiger partial charge on any atom is -0.341 e. The van der Waals surface area contributed by atoms with E-state index in [1.54, 1.807) is 0 Å². The van der Waals surface area contributed by atoms with Gasteiger partial charge < -0.3 is 15.0 Å². The molecule has 2 heterocycles. The van der Waals surface area contributed by atoms with Gasteiger partial charge in [-0.25, -0.2) is 15.0 Å². The van der Waals surface area contributed by atoms with Crippen LogP contribution in [0.15, 0.2) is 42.5 Å². The predicted octanol–water partition coefficient (Wildman–Crippen LogP) is 5.63. The molecule has 1 fully saturated rings. The maximum absolute atomic E-state index is 12.3. The summed E-state index contributed by atoms with van der Waals surface area (Å²) in [5.74, 6) is 0.625. The lowest BCUT2D eigenvalue weighted by molar-refractivity contribution is -0.131. The molecule has 0 bridgehead atoms. The van der Waals surface area contributed by atoms with Crippen LogP contribution in [-0.2, 0) is 9.59 Å². The van der Waals surface area contributed by atoms with Crippen LogP contribution in [0.4, 0.5) is 9.93 Å². The van der Waals surface area contributed by atoms with E-state index >= 15 is 0 Å². The first-order chi connectivity index (χ1) is 17.5. The Morgan fingerprint density at radius 3 is 2.39 bits per heavy atom. The van der Waals surface area contributed by atoms with Crippen molar-refractivity contribution < 1.29 is 14.4 Å². The van der Waals surface area contributed by atoms with Crippen LogP contribution in [0.1, 0.15) is 39.2 Å². The van der Waals surface area contributed by atoms with Crippen molar-refractivity contribution in [1.29, 1.82) is 5.26 Å². The minimum absolute atomic E-state index is 0.00260. The van der Waals surface area contributed by atoms with E-state index in [1.165, 1.54) is 16.9 Å². The Balaban J connectivity index is 0.00000101. The van der Waals surface area contributed by atoms with Crippen LogP contribution in [0.3, 0.4) is 0 Å². The van der Waals surface area contributed by atoms with Crippen LogP contribution in [-0.4, -0.2) is 48.2 Å². The largest absolute Gasteiger partial charge is 0.341 e. The van der Waals surface area contributed by atoms with Crippen molar-refractivity contribution in [3.8, 4) is 17.7 Å². The number of carbonyl (C=O) groups excluding carboxylic acids is 3. The molecule has 192 valence electrons. The number of likely N-dealkylation sites (tertiary alicyclic amines) is 1. The van der Waals surface area contributed by atoms with Gasteiger partial charge >= 0.3 is 6.03 Å². The summed E-state index contributed by atoms with van der Waals surface area (Å²) in [6.45, 7) is 15.3. The van der Waals surface area contributed by atoms with E-state index in [2.05, 4.69) is 60.3 Å². The number of urea groups is 1. The Kier molecular flexibility index (Phi) is 13.5. The van der Waals surface area contributed by atoms with Gasteiger partial charge in [0.15, 0.2) is 5.13 Å². The highest BCUT2D eigenvalue weighted by molar-refractivity contribution is 7.22. The van der Waals surface area contributed by atoms with Gasteiger partial charge in [-0.05, 0) is 48.9 Å². The topological polar surface area (TPSA) is 115 Å². The third kappa shape index (κ3) is 8.78. The van der Waals surface area contributed by atoms with Gasteiger partial charge in [-0.3, -0.25) is 10.1 Å². The van der Waals surface area contributed by atoms with E-state index in [9.17, 15) is 9.59 Å². The molecule has 0 radical (unpaired) electrons. The molecule has 1 aliphatic rings.